The molecular weight excluding hydrogens is 440 g/mol. The molecule has 1 unspecified atom stereocenters. The molecule has 0 aliphatic heterocycles. The average Bonchev–Trinajstić information content (AvgIpc) is 2.76. The van der Waals surface area contributed by atoms with Crippen LogP contribution in [-0.2, 0) is 20.7 Å². The fraction of sp³-hybridized carbons (Fsp3) is 0.556. The van der Waals surface area contributed by atoms with Gasteiger partial charge in [0.2, 0.25) is 0 Å². The summed E-state index contributed by atoms with van der Waals surface area (Å²) >= 11 is 6.55. The monoisotopic (exact) mass is 476 g/mol. The van der Waals surface area contributed by atoms with Crippen molar-refractivity contribution in [2.45, 2.75) is 73.8 Å². The molecule has 2 rings (SSSR count). The van der Waals surface area contributed by atoms with Crippen molar-refractivity contribution in [3.05, 3.63) is 45.5 Å². The maximum atomic E-state index is 12.3. The lowest BCUT2D eigenvalue weighted by atomic mass is 9.61. The number of rotatable bonds is 7. The Kier molecular flexibility index (Phi) is 8.94. The molecule has 0 saturated heterocycles. The molecule has 1 aliphatic carbocycles. The number of hydrogen-bond acceptors (Lipinski definition) is 5. The quantitative estimate of drug-likeness (QED) is 0.270. The molecule has 1 aliphatic rings. The van der Waals surface area contributed by atoms with Gasteiger partial charge in [-0.1, -0.05) is 56.2 Å². The molecule has 1 aromatic carbocycles. The molecule has 0 bridgehead atoms. The molecule has 0 aromatic heterocycles. The fourth-order valence-electron chi connectivity index (χ4n) is 4.53. The van der Waals surface area contributed by atoms with Gasteiger partial charge in [-0.05, 0) is 50.5 Å². The second-order valence-electron chi connectivity index (χ2n) is 9.46. The Bertz CT molecular complexity index is 977. The number of hydrogen-bond donors (Lipinski definition) is 1. The number of esters is 1. The maximum absolute atomic E-state index is 12.3. The number of phenols is 1. The van der Waals surface area contributed by atoms with Crippen molar-refractivity contribution >= 4 is 23.4 Å². The van der Waals surface area contributed by atoms with Crippen LogP contribution in [0.2, 0.25) is 5.02 Å². The Morgan fingerprint density at radius 3 is 2.55 bits per heavy atom. The Hall–Kier alpha value is -2.11. The van der Waals surface area contributed by atoms with E-state index in [2.05, 4.69) is 19.9 Å². The molecule has 182 valence electrons. The zero-order valence-electron chi connectivity index (χ0n) is 21.0. The number of aromatic hydroxyl groups is 1. The third-order valence-electron chi connectivity index (χ3n) is 7.39. The summed E-state index contributed by atoms with van der Waals surface area (Å²) < 4.78 is 10.8. The lowest BCUT2D eigenvalue weighted by Crippen LogP contribution is -2.40. The van der Waals surface area contributed by atoms with Gasteiger partial charge < -0.3 is 14.6 Å². The smallest absolute Gasteiger partial charge is 0.308 e. The summed E-state index contributed by atoms with van der Waals surface area (Å²) in [6, 6.07) is 0. The first-order chi connectivity index (χ1) is 15.3. The van der Waals surface area contributed by atoms with Crippen molar-refractivity contribution in [3.8, 4) is 11.5 Å². The van der Waals surface area contributed by atoms with E-state index in [1.807, 2.05) is 32.9 Å². The second kappa shape index (κ2) is 10.9. The van der Waals surface area contributed by atoms with E-state index in [9.17, 15) is 14.7 Å². The molecule has 0 amide bonds. The Morgan fingerprint density at radius 1 is 1.33 bits per heavy atom. The Labute approximate surface area is 202 Å². The first-order valence-electron chi connectivity index (χ1n) is 11.5. The molecular formula is C27H37ClO5. The first kappa shape index (κ1) is 27.1. The van der Waals surface area contributed by atoms with Gasteiger partial charge in [0.05, 0.1) is 11.1 Å². The van der Waals surface area contributed by atoms with E-state index in [0.29, 0.717) is 41.2 Å². The largest absolute Gasteiger partial charge is 0.507 e. The van der Waals surface area contributed by atoms with Gasteiger partial charge in [0.25, 0.3) is 0 Å². The van der Waals surface area contributed by atoms with Gasteiger partial charge in [0, 0.05) is 37.5 Å². The van der Waals surface area contributed by atoms with E-state index in [1.54, 1.807) is 14.0 Å². The number of carbonyl (C=O) groups is 2. The van der Waals surface area contributed by atoms with Crippen molar-refractivity contribution in [2.75, 3.05) is 7.11 Å². The molecule has 1 saturated carbocycles. The summed E-state index contributed by atoms with van der Waals surface area (Å²) in [4.78, 5) is 24.0. The van der Waals surface area contributed by atoms with Crippen LogP contribution in [0.15, 0.2) is 23.8 Å². The SMILES string of the molecule is COC(C)c1c(C)c(Cl)c(OC(C)=O)c(CC=C(C)C=C[C@@]2(C)[C@H](C)CCC(=O)[C@@H]2C)c1O. The fourth-order valence-corrected chi connectivity index (χ4v) is 4.79. The van der Waals surface area contributed by atoms with E-state index in [-0.39, 0.29) is 34.0 Å². The third kappa shape index (κ3) is 5.70. The molecule has 4 atom stereocenters. The lowest BCUT2D eigenvalue weighted by molar-refractivity contribution is -0.132. The molecule has 0 heterocycles. The van der Waals surface area contributed by atoms with Gasteiger partial charge in [-0.15, -0.1) is 0 Å². The minimum absolute atomic E-state index is 0.0163. The van der Waals surface area contributed by atoms with Crippen LogP contribution in [0.1, 0.15) is 77.2 Å². The van der Waals surface area contributed by atoms with E-state index < -0.39 is 5.97 Å². The zero-order chi connectivity index (χ0) is 25.1. The number of carbonyl (C=O) groups excluding carboxylic acids is 2. The summed E-state index contributed by atoms with van der Waals surface area (Å²) in [7, 11) is 1.56. The zero-order valence-corrected chi connectivity index (χ0v) is 21.8. The highest BCUT2D eigenvalue weighted by atomic mass is 35.5. The number of Topliss-reactive ketones (excluding diaryl/α,β-unsaturated/α-hetero) is 1. The first-order valence-corrected chi connectivity index (χ1v) is 11.9. The van der Waals surface area contributed by atoms with Crippen molar-refractivity contribution in [1.29, 1.82) is 0 Å². The van der Waals surface area contributed by atoms with Crippen LogP contribution in [0.4, 0.5) is 0 Å². The summed E-state index contributed by atoms with van der Waals surface area (Å²) in [6.45, 7) is 13.2. The number of benzene rings is 1. The van der Waals surface area contributed by atoms with E-state index in [0.717, 1.165) is 12.0 Å². The van der Waals surface area contributed by atoms with Crippen molar-refractivity contribution < 1.29 is 24.2 Å². The highest BCUT2D eigenvalue weighted by Gasteiger charge is 2.41. The van der Waals surface area contributed by atoms with Crippen molar-refractivity contribution in [3.63, 3.8) is 0 Å². The van der Waals surface area contributed by atoms with Crippen molar-refractivity contribution in [2.24, 2.45) is 17.3 Å². The third-order valence-corrected chi connectivity index (χ3v) is 7.84. The standard InChI is InChI=1S/C27H37ClO5/c1-15(13-14-27(7)16(2)10-12-22(30)18(27)4)9-11-21-25(31)23(19(5)32-8)17(3)24(28)26(21)33-20(6)29/h9,13-14,16,18-19,31H,10-12H2,1-8H3/t16-,18+,19?,27+/m1/s1. The number of allylic oxidation sites excluding steroid dienone is 4. The van der Waals surface area contributed by atoms with E-state index in [4.69, 9.17) is 21.1 Å². The Balaban J connectivity index is 2.44. The van der Waals surface area contributed by atoms with E-state index in [1.165, 1.54) is 6.92 Å². The molecule has 1 fully saturated rings. The molecule has 6 heteroatoms. The van der Waals surface area contributed by atoms with Crippen LogP contribution >= 0.6 is 11.6 Å². The predicted molar refractivity (Wildman–Crippen MR) is 132 cm³/mol. The molecule has 1 N–H and O–H groups in total. The van der Waals surface area contributed by atoms with Gasteiger partial charge in [0.15, 0.2) is 5.75 Å². The van der Waals surface area contributed by atoms with Gasteiger partial charge in [-0.25, -0.2) is 0 Å². The summed E-state index contributed by atoms with van der Waals surface area (Å²) in [5, 5.41) is 11.3. The van der Waals surface area contributed by atoms with Crippen LogP contribution in [0, 0.1) is 24.2 Å². The number of ketones is 1. The minimum Gasteiger partial charge on any atom is -0.507 e. The predicted octanol–water partition coefficient (Wildman–Crippen LogP) is 6.67. The number of phenolic OH excluding ortho intramolecular Hbond substituents is 1. The Morgan fingerprint density at radius 2 is 1.97 bits per heavy atom. The molecule has 5 nitrogen and oxygen atoms in total. The van der Waals surface area contributed by atoms with Gasteiger partial charge in [0.1, 0.15) is 11.5 Å². The second-order valence-corrected chi connectivity index (χ2v) is 9.84. The van der Waals surface area contributed by atoms with Gasteiger partial charge in [-0.2, -0.15) is 0 Å². The van der Waals surface area contributed by atoms with Gasteiger partial charge >= 0.3 is 5.97 Å². The number of ether oxygens (including phenoxy) is 2. The molecule has 0 radical (unpaired) electrons. The lowest BCUT2D eigenvalue weighted by Gasteiger charge is -2.42. The molecule has 0 spiro atoms. The molecule has 1 aromatic rings. The number of methoxy groups -OCH3 is 1. The van der Waals surface area contributed by atoms with E-state index >= 15 is 0 Å². The topological polar surface area (TPSA) is 72.8 Å². The van der Waals surface area contributed by atoms with Crippen LogP contribution in [0.5, 0.6) is 11.5 Å². The highest BCUT2D eigenvalue weighted by molar-refractivity contribution is 6.33. The van der Waals surface area contributed by atoms with Crippen LogP contribution < -0.4 is 4.74 Å². The highest BCUT2D eigenvalue weighted by Crippen LogP contribution is 2.46. The minimum atomic E-state index is -0.511. The van der Waals surface area contributed by atoms with Gasteiger partial charge in [-0.3, -0.25) is 9.59 Å². The summed E-state index contributed by atoms with van der Waals surface area (Å²) in [5.74, 6) is 0.366. The van der Waals surface area contributed by atoms with Crippen LogP contribution in [0.3, 0.4) is 0 Å². The summed E-state index contributed by atoms with van der Waals surface area (Å²) in [6.07, 6.45) is 7.60. The normalized spacial score (nSPS) is 24.9. The maximum Gasteiger partial charge on any atom is 0.308 e. The van der Waals surface area contributed by atoms with Crippen LogP contribution in [-0.4, -0.2) is 24.0 Å². The van der Waals surface area contributed by atoms with Crippen LogP contribution in [0.25, 0.3) is 0 Å². The van der Waals surface area contributed by atoms with Crippen molar-refractivity contribution in [1.82, 2.24) is 0 Å². The summed E-state index contributed by atoms with van der Waals surface area (Å²) in [5.41, 5.74) is 2.39. The average molecular weight is 477 g/mol. The molecule has 33 heavy (non-hydrogen) atoms. The number of halogens is 1.